The van der Waals surface area contributed by atoms with Gasteiger partial charge >= 0.3 is 0 Å². The van der Waals surface area contributed by atoms with Crippen LogP contribution in [0.1, 0.15) is 11.1 Å². The minimum atomic E-state index is 1.01. The lowest BCUT2D eigenvalue weighted by atomic mass is 9.99. The molecule has 3 heteroatoms. The maximum absolute atomic E-state index is 4.72. The van der Waals surface area contributed by atoms with Crippen LogP contribution in [0.5, 0.6) is 0 Å². The first-order chi connectivity index (χ1) is 14.2. The van der Waals surface area contributed by atoms with Crippen molar-refractivity contribution in [3.05, 3.63) is 84.2 Å². The van der Waals surface area contributed by atoms with Crippen LogP contribution in [0.2, 0.25) is 0 Å². The molecule has 0 unspecified atom stereocenters. The van der Waals surface area contributed by atoms with Crippen molar-refractivity contribution >= 4 is 53.2 Å². The Kier molecular flexibility index (Phi) is 3.50. The highest BCUT2D eigenvalue weighted by Gasteiger charge is 2.15. The number of thiophene rings is 1. The molecule has 0 aliphatic rings. The third-order valence-electron chi connectivity index (χ3n) is 5.87. The van der Waals surface area contributed by atoms with E-state index in [-0.39, 0.29) is 0 Å². The Morgan fingerprint density at radius 1 is 0.724 bits per heavy atom. The van der Waals surface area contributed by atoms with Gasteiger partial charge in [-0.3, -0.25) is 0 Å². The SMILES string of the molecule is Cc1cc2ccc3sc4c(-c5ccc6ccccc6c5)ncnc4c3c2cc1C. The second kappa shape index (κ2) is 6.10. The average molecular weight is 391 g/mol. The first kappa shape index (κ1) is 16.6. The van der Waals surface area contributed by atoms with Crippen LogP contribution in [0.25, 0.3) is 53.1 Å². The molecule has 0 amide bonds. The summed E-state index contributed by atoms with van der Waals surface area (Å²) in [4.78, 5) is 9.41. The van der Waals surface area contributed by atoms with Gasteiger partial charge in [0.05, 0.1) is 15.9 Å². The van der Waals surface area contributed by atoms with Crippen LogP contribution < -0.4 is 0 Å². The van der Waals surface area contributed by atoms with Crippen molar-refractivity contribution in [2.75, 3.05) is 0 Å². The van der Waals surface area contributed by atoms with E-state index in [2.05, 4.69) is 80.6 Å². The zero-order valence-electron chi connectivity index (χ0n) is 16.2. The molecule has 0 spiro atoms. The van der Waals surface area contributed by atoms with Crippen molar-refractivity contribution in [1.29, 1.82) is 0 Å². The Labute approximate surface area is 172 Å². The minimum Gasteiger partial charge on any atom is -0.235 e. The molecular weight excluding hydrogens is 372 g/mol. The van der Waals surface area contributed by atoms with Crippen molar-refractivity contribution in [3.8, 4) is 11.3 Å². The first-order valence-electron chi connectivity index (χ1n) is 9.75. The lowest BCUT2D eigenvalue weighted by Gasteiger charge is -2.06. The molecule has 2 heterocycles. The normalized spacial score (nSPS) is 11.8. The smallest absolute Gasteiger partial charge is 0.116 e. The Balaban J connectivity index is 1.70. The molecule has 0 saturated carbocycles. The van der Waals surface area contributed by atoms with Gasteiger partial charge in [0.2, 0.25) is 0 Å². The lowest BCUT2D eigenvalue weighted by Crippen LogP contribution is -1.87. The van der Waals surface area contributed by atoms with Gasteiger partial charge < -0.3 is 0 Å². The molecule has 0 aliphatic carbocycles. The van der Waals surface area contributed by atoms with Gasteiger partial charge in [-0.05, 0) is 58.7 Å². The summed E-state index contributed by atoms with van der Waals surface area (Å²) in [7, 11) is 0. The Morgan fingerprint density at radius 3 is 2.41 bits per heavy atom. The lowest BCUT2D eigenvalue weighted by molar-refractivity contribution is 1.24. The highest BCUT2D eigenvalue weighted by molar-refractivity contribution is 7.26. The topological polar surface area (TPSA) is 25.8 Å². The van der Waals surface area contributed by atoms with E-state index in [1.807, 2.05) is 0 Å². The van der Waals surface area contributed by atoms with Crippen LogP contribution in [-0.2, 0) is 0 Å². The zero-order chi connectivity index (χ0) is 19.5. The molecular formula is C26H18N2S. The third kappa shape index (κ3) is 2.48. The van der Waals surface area contributed by atoms with E-state index in [0.717, 1.165) is 21.5 Å². The van der Waals surface area contributed by atoms with Crippen molar-refractivity contribution in [3.63, 3.8) is 0 Å². The third-order valence-corrected chi connectivity index (χ3v) is 7.02. The van der Waals surface area contributed by atoms with E-state index in [1.54, 1.807) is 17.7 Å². The molecule has 2 aromatic heterocycles. The number of rotatable bonds is 1. The standard InChI is InChI=1S/C26H18N2S/c1-15-11-19-9-10-22-23(21(19)12-16(15)2)25-26(29-22)24(27-14-28-25)20-8-7-17-5-3-4-6-18(17)13-20/h3-14H,1-2H3. The van der Waals surface area contributed by atoms with Gasteiger partial charge in [-0.1, -0.05) is 54.6 Å². The summed E-state index contributed by atoms with van der Waals surface area (Å²) in [5, 5.41) is 6.27. The van der Waals surface area contributed by atoms with Crippen LogP contribution in [-0.4, -0.2) is 9.97 Å². The molecule has 4 aromatic carbocycles. The number of aromatic nitrogens is 2. The molecule has 0 N–H and O–H groups in total. The average Bonchev–Trinajstić information content (AvgIpc) is 3.13. The van der Waals surface area contributed by atoms with Crippen LogP contribution in [0, 0.1) is 13.8 Å². The molecule has 0 aliphatic heterocycles. The summed E-state index contributed by atoms with van der Waals surface area (Å²) in [5.41, 5.74) is 5.84. The number of hydrogen-bond donors (Lipinski definition) is 0. The largest absolute Gasteiger partial charge is 0.235 e. The molecule has 0 bridgehead atoms. The van der Waals surface area contributed by atoms with Gasteiger partial charge in [0, 0.05) is 15.6 Å². The predicted octanol–water partition coefficient (Wildman–Crippen LogP) is 7.43. The second-order valence-corrected chi connectivity index (χ2v) is 8.71. The fourth-order valence-electron chi connectivity index (χ4n) is 4.20. The van der Waals surface area contributed by atoms with Crippen LogP contribution in [0.15, 0.2) is 73.1 Å². The maximum atomic E-state index is 4.72. The number of benzene rings is 4. The van der Waals surface area contributed by atoms with Crippen LogP contribution in [0.4, 0.5) is 0 Å². The number of aryl methyl sites for hydroxylation is 2. The van der Waals surface area contributed by atoms with Gasteiger partial charge in [0.25, 0.3) is 0 Å². The molecule has 29 heavy (non-hydrogen) atoms. The number of hydrogen-bond acceptors (Lipinski definition) is 3. The summed E-state index contributed by atoms with van der Waals surface area (Å²) in [6, 6.07) is 24.1. The van der Waals surface area contributed by atoms with Gasteiger partial charge in [-0.25, -0.2) is 9.97 Å². The van der Waals surface area contributed by atoms with Crippen molar-refractivity contribution < 1.29 is 0 Å². The van der Waals surface area contributed by atoms with E-state index < -0.39 is 0 Å². The van der Waals surface area contributed by atoms with E-state index in [4.69, 9.17) is 9.97 Å². The Morgan fingerprint density at radius 2 is 1.52 bits per heavy atom. The van der Waals surface area contributed by atoms with Crippen molar-refractivity contribution in [2.45, 2.75) is 13.8 Å². The fourth-order valence-corrected chi connectivity index (χ4v) is 5.39. The van der Waals surface area contributed by atoms with Gasteiger partial charge in [-0.15, -0.1) is 11.3 Å². The van der Waals surface area contributed by atoms with Gasteiger partial charge in [-0.2, -0.15) is 0 Å². The summed E-state index contributed by atoms with van der Waals surface area (Å²) in [5.74, 6) is 0. The summed E-state index contributed by atoms with van der Waals surface area (Å²) in [6.07, 6.45) is 1.71. The quantitative estimate of drug-likeness (QED) is 0.292. The zero-order valence-corrected chi connectivity index (χ0v) is 17.0. The van der Waals surface area contributed by atoms with Crippen LogP contribution >= 0.6 is 11.3 Å². The molecule has 138 valence electrons. The van der Waals surface area contributed by atoms with E-state index in [1.165, 1.54) is 42.8 Å². The van der Waals surface area contributed by atoms with Gasteiger partial charge in [0.1, 0.15) is 6.33 Å². The number of nitrogens with zero attached hydrogens (tertiary/aromatic N) is 2. The summed E-state index contributed by atoms with van der Waals surface area (Å²) in [6.45, 7) is 4.35. The molecule has 0 atom stereocenters. The molecule has 6 aromatic rings. The molecule has 2 nitrogen and oxygen atoms in total. The minimum absolute atomic E-state index is 1.01. The second-order valence-electron chi connectivity index (χ2n) is 7.66. The van der Waals surface area contributed by atoms with E-state index in [0.29, 0.717) is 0 Å². The molecule has 0 saturated heterocycles. The summed E-state index contributed by atoms with van der Waals surface area (Å²) < 4.78 is 2.42. The van der Waals surface area contributed by atoms with Crippen LogP contribution in [0.3, 0.4) is 0 Å². The van der Waals surface area contributed by atoms with Gasteiger partial charge in [0.15, 0.2) is 0 Å². The fraction of sp³-hybridized carbons (Fsp3) is 0.0769. The van der Waals surface area contributed by atoms with E-state index in [9.17, 15) is 0 Å². The van der Waals surface area contributed by atoms with Crippen molar-refractivity contribution in [1.82, 2.24) is 9.97 Å². The molecule has 6 rings (SSSR count). The monoisotopic (exact) mass is 390 g/mol. The van der Waals surface area contributed by atoms with E-state index >= 15 is 0 Å². The van der Waals surface area contributed by atoms with Crippen molar-refractivity contribution in [2.24, 2.45) is 0 Å². The Bertz CT molecular complexity index is 1580. The molecule has 0 fully saturated rings. The maximum Gasteiger partial charge on any atom is 0.116 e. The highest BCUT2D eigenvalue weighted by Crippen LogP contribution is 2.41. The highest BCUT2D eigenvalue weighted by atomic mass is 32.1. The summed E-state index contributed by atoms with van der Waals surface area (Å²) >= 11 is 1.79. The number of fused-ring (bicyclic) bond motifs is 6. The molecule has 0 radical (unpaired) electrons. The predicted molar refractivity (Wildman–Crippen MR) is 125 cm³/mol. The Hall–Kier alpha value is -3.30. The first-order valence-corrected chi connectivity index (χ1v) is 10.6.